The molecule has 0 aliphatic carbocycles. The molecule has 7 nitrogen and oxygen atoms in total. The van der Waals surface area contributed by atoms with E-state index in [4.69, 9.17) is 18.9 Å². The molecule has 1 fully saturated rings. The van der Waals surface area contributed by atoms with Crippen molar-refractivity contribution in [1.82, 2.24) is 0 Å². The summed E-state index contributed by atoms with van der Waals surface area (Å²) in [6, 6.07) is 16.7. The predicted molar refractivity (Wildman–Crippen MR) is 106 cm³/mol. The summed E-state index contributed by atoms with van der Waals surface area (Å²) < 4.78 is 22.0. The van der Waals surface area contributed by atoms with Crippen LogP contribution in [0.3, 0.4) is 0 Å². The van der Waals surface area contributed by atoms with Crippen LogP contribution < -0.4 is 0 Å². The molecule has 0 bridgehead atoms. The molecule has 1 aliphatic heterocycles. The molecule has 1 heterocycles. The monoisotopic (exact) mass is 462 g/mol. The van der Waals surface area contributed by atoms with Crippen molar-refractivity contribution >= 4 is 33.8 Å². The maximum Gasteiger partial charge on any atom is 0.338 e. The lowest BCUT2D eigenvalue weighted by molar-refractivity contribution is -0.184. The molecule has 8 heteroatoms. The van der Waals surface area contributed by atoms with Crippen LogP contribution >= 0.6 is 15.9 Å². The van der Waals surface area contributed by atoms with Crippen LogP contribution in [0.5, 0.6) is 0 Å². The van der Waals surface area contributed by atoms with Crippen LogP contribution in [0.1, 0.15) is 27.6 Å². The molecule has 2 aromatic rings. The number of esters is 3. The number of hydrogen-bond acceptors (Lipinski definition) is 7. The van der Waals surface area contributed by atoms with Crippen LogP contribution in [0, 0.1) is 0 Å². The van der Waals surface area contributed by atoms with Crippen molar-refractivity contribution in [2.75, 3.05) is 5.33 Å². The molecular formula is C21H19BrO7. The summed E-state index contributed by atoms with van der Waals surface area (Å²) in [6.45, 7) is 1.21. The van der Waals surface area contributed by atoms with Gasteiger partial charge in [-0.05, 0) is 24.3 Å². The molecule has 29 heavy (non-hydrogen) atoms. The van der Waals surface area contributed by atoms with E-state index in [0.717, 1.165) is 0 Å². The number of carbonyl (C=O) groups is 3. The van der Waals surface area contributed by atoms with Gasteiger partial charge in [-0.3, -0.25) is 4.79 Å². The largest absolute Gasteiger partial charge is 0.452 e. The van der Waals surface area contributed by atoms with Gasteiger partial charge in [0.1, 0.15) is 6.10 Å². The van der Waals surface area contributed by atoms with Crippen LogP contribution in [-0.2, 0) is 23.7 Å². The third-order valence-electron chi connectivity index (χ3n) is 4.21. The number of halogens is 1. The SMILES string of the molecule is CC(=O)O[C@@H]1O[C@H](CBr)[C@@H](OC(=O)c2ccccc2)[C@H]1OC(=O)c1ccccc1. The van der Waals surface area contributed by atoms with E-state index in [-0.39, 0.29) is 5.33 Å². The summed E-state index contributed by atoms with van der Waals surface area (Å²) in [4.78, 5) is 36.6. The second-order valence-corrected chi connectivity index (χ2v) is 6.93. The first kappa shape index (κ1) is 21.0. The number of ether oxygens (including phenoxy) is 4. The van der Waals surface area contributed by atoms with Crippen molar-refractivity contribution in [3.63, 3.8) is 0 Å². The molecule has 3 rings (SSSR count). The van der Waals surface area contributed by atoms with E-state index in [9.17, 15) is 14.4 Å². The van der Waals surface area contributed by atoms with Gasteiger partial charge in [-0.25, -0.2) is 9.59 Å². The Bertz CT molecular complexity index is 856. The Balaban J connectivity index is 1.83. The average molecular weight is 463 g/mol. The quantitative estimate of drug-likeness (QED) is 0.370. The van der Waals surface area contributed by atoms with Gasteiger partial charge in [-0.2, -0.15) is 0 Å². The Morgan fingerprint density at radius 1 is 0.828 bits per heavy atom. The molecule has 1 aliphatic rings. The number of benzene rings is 2. The van der Waals surface area contributed by atoms with Gasteiger partial charge in [0.25, 0.3) is 0 Å². The minimum absolute atomic E-state index is 0.275. The molecule has 0 N–H and O–H groups in total. The topological polar surface area (TPSA) is 88.1 Å². The number of rotatable bonds is 6. The first-order valence-corrected chi connectivity index (χ1v) is 10.0. The summed E-state index contributed by atoms with van der Waals surface area (Å²) in [5.74, 6) is -1.86. The van der Waals surface area contributed by atoms with E-state index >= 15 is 0 Å². The highest BCUT2D eigenvalue weighted by Gasteiger charge is 2.51. The standard InChI is InChI=1S/C21H19BrO7/c1-13(23)26-21-18(29-20(25)15-10-6-3-7-11-15)17(16(12-22)27-21)28-19(24)14-8-4-2-5-9-14/h2-11,16-18,21H,12H2,1H3/t16-,17-,18-,21-/m1/s1. The highest BCUT2D eigenvalue weighted by Crippen LogP contribution is 2.30. The Labute approximate surface area is 176 Å². The van der Waals surface area contributed by atoms with E-state index in [0.29, 0.717) is 11.1 Å². The fourth-order valence-corrected chi connectivity index (χ4v) is 3.39. The minimum Gasteiger partial charge on any atom is -0.452 e. The molecule has 0 radical (unpaired) electrons. The van der Waals surface area contributed by atoms with E-state index in [2.05, 4.69) is 15.9 Å². The molecule has 0 amide bonds. The summed E-state index contributed by atoms with van der Waals surface area (Å²) >= 11 is 3.30. The highest BCUT2D eigenvalue weighted by atomic mass is 79.9. The van der Waals surface area contributed by atoms with Crippen LogP contribution in [0.15, 0.2) is 60.7 Å². The first-order valence-electron chi connectivity index (χ1n) is 8.90. The van der Waals surface area contributed by atoms with Crippen LogP contribution in [0.25, 0.3) is 0 Å². The van der Waals surface area contributed by atoms with Gasteiger partial charge in [-0.15, -0.1) is 0 Å². The Kier molecular flexibility index (Phi) is 7.00. The van der Waals surface area contributed by atoms with Gasteiger partial charge < -0.3 is 18.9 Å². The number of alkyl halides is 1. The van der Waals surface area contributed by atoms with Gasteiger partial charge in [0.2, 0.25) is 12.4 Å². The third kappa shape index (κ3) is 5.21. The molecule has 152 valence electrons. The third-order valence-corrected chi connectivity index (χ3v) is 4.84. The molecule has 0 spiro atoms. The zero-order valence-corrected chi connectivity index (χ0v) is 17.1. The molecular weight excluding hydrogens is 444 g/mol. The summed E-state index contributed by atoms with van der Waals surface area (Å²) in [7, 11) is 0. The second kappa shape index (κ2) is 9.67. The zero-order valence-electron chi connectivity index (χ0n) is 15.5. The number of hydrogen-bond donors (Lipinski definition) is 0. The van der Waals surface area contributed by atoms with Gasteiger partial charge >= 0.3 is 17.9 Å². The zero-order chi connectivity index (χ0) is 20.8. The lowest BCUT2D eigenvalue weighted by Crippen LogP contribution is -2.42. The van der Waals surface area contributed by atoms with E-state index in [1.54, 1.807) is 60.7 Å². The maximum atomic E-state index is 12.6. The maximum absolute atomic E-state index is 12.6. The normalized spacial score (nSPS) is 23.2. The Hall–Kier alpha value is -2.71. The molecule has 0 aromatic heterocycles. The van der Waals surface area contributed by atoms with Crippen molar-refractivity contribution in [3.8, 4) is 0 Å². The van der Waals surface area contributed by atoms with E-state index in [1.807, 2.05) is 0 Å². The Morgan fingerprint density at radius 3 is 1.76 bits per heavy atom. The molecule has 0 unspecified atom stereocenters. The average Bonchev–Trinajstić information content (AvgIpc) is 3.04. The van der Waals surface area contributed by atoms with Gasteiger partial charge in [0.15, 0.2) is 6.10 Å². The lowest BCUT2D eigenvalue weighted by Gasteiger charge is -2.23. The second-order valence-electron chi connectivity index (χ2n) is 6.28. The highest BCUT2D eigenvalue weighted by molar-refractivity contribution is 9.09. The van der Waals surface area contributed by atoms with Crippen molar-refractivity contribution in [1.29, 1.82) is 0 Å². The minimum atomic E-state index is -1.20. The van der Waals surface area contributed by atoms with Crippen molar-refractivity contribution in [3.05, 3.63) is 71.8 Å². The molecule has 2 aromatic carbocycles. The van der Waals surface area contributed by atoms with E-state index in [1.165, 1.54) is 6.92 Å². The summed E-state index contributed by atoms with van der Waals surface area (Å²) in [5, 5.41) is 0.275. The summed E-state index contributed by atoms with van der Waals surface area (Å²) in [5.41, 5.74) is 0.648. The smallest absolute Gasteiger partial charge is 0.338 e. The van der Waals surface area contributed by atoms with Crippen LogP contribution in [-0.4, -0.2) is 47.8 Å². The molecule has 0 saturated carbocycles. The number of carbonyl (C=O) groups excluding carboxylic acids is 3. The van der Waals surface area contributed by atoms with Gasteiger partial charge in [0, 0.05) is 12.3 Å². The molecule has 1 saturated heterocycles. The van der Waals surface area contributed by atoms with Crippen LogP contribution in [0.4, 0.5) is 0 Å². The van der Waals surface area contributed by atoms with Crippen LogP contribution in [0.2, 0.25) is 0 Å². The van der Waals surface area contributed by atoms with Crippen molar-refractivity contribution < 1.29 is 33.3 Å². The summed E-state index contributed by atoms with van der Waals surface area (Å²) in [6.07, 6.45) is -3.97. The van der Waals surface area contributed by atoms with Gasteiger partial charge in [-0.1, -0.05) is 52.3 Å². The van der Waals surface area contributed by atoms with Crippen molar-refractivity contribution in [2.24, 2.45) is 0 Å². The predicted octanol–water partition coefficient (Wildman–Crippen LogP) is 3.12. The van der Waals surface area contributed by atoms with Crippen molar-refractivity contribution in [2.45, 2.75) is 31.5 Å². The Morgan fingerprint density at radius 2 is 1.31 bits per heavy atom. The molecule has 4 atom stereocenters. The van der Waals surface area contributed by atoms with E-state index < -0.39 is 42.5 Å². The fourth-order valence-electron chi connectivity index (χ4n) is 2.87. The lowest BCUT2D eigenvalue weighted by atomic mass is 10.1. The first-order chi connectivity index (χ1) is 14.0. The fraction of sp³-hybridized carbons (Fsp3) is 0.286. The van der Waals surface area contributed by atoms with Gasteiger partial charge in [0.05, 0.1) is 11.1 Å².